The van der Waals surface area contributed by atoms with E-state index < -0.39 is 11.6 Å². The molecule has 0 spiro atoms. The van der Waals surface area contributed by atoms with Gasteiger partial charge < -0.3 is 20.1 Å². The normalized spacial score (nSPS) is 15.3. The lowest BCUT2D eigenvalue weighted by atomic mass is 10.0. The predicted molar refractivity (Wildman–Crippen MR) is 122 cm³/mol. The molecular formula is C25H32N2O4. The van der Waals surface area contributed by atoms with E-state index in [1.165, 1.54) is 38.8 Å². The van der Waals surface area contributed by atoms with Crippen molar-refractivity contribution in [3.63, 3.8) is 0 Å². The average molecular weight is 425 g/mol. The van der Waals surface area contributed by atoms with E-state index in [0.29, 0.717) is 5.75 Å². The van der Waals surface area contributed by atoms with E-state index >= 15 is 0 Å². The Morgan fingerprint density at radius 2 is 1.71 bits per heavy atom. The van der Waals surface area contributed by atoms with Crippen LogP contribution in [0.5, 0.6) is 5.75 Å². The number of hydrogen-bond acceptors (Lipinski definition) is 4. The molecule has 0 aliphatic carbocycles. The lowest BCUT2D eigenvalue weighted by Gasteiger charge is -2.32. The third kappa shape index (κ3) is 6.00. The van der Waals surface area contributed by atoms with E-state index in [4.69, 9.17) is 4.74 Å². The van der Waals surface area contributed by atoms with Gasteiger partial charge in [-0.25, -0.2) is 4.79 Å². The fourth-order valence-electron chi connectivity index (χ4n) is 3.85. The molecule has 6 nitrogen and oxygen atoms in total. The van der Waals surface area contributed by atoms with Crippen LogP contribution >= 0.6 is 0 Å². The lowest BCUT2D eigenvalue weighted by Crippen LogP contribution is -2.37. The Bertz CT molecular complexity index is 902. The molecule has 2 N–H and O–H groups in total. The second kappa shape index (κ2) is 9.86. The first-order chi connectivity index (χ1) is 14.8. The number of carbonyl (C=O) groups excluding carboxylic acids is 1. The van der Waals surface area contributed by atoms with Crippen molar-refractivity contribution >= 4 is 17.6 Å². The third-order valence-corrected chi connectivity index (χ3v) is 5.65. The number of carboxylic acid groups (broad SMARTS) is 1. The quantitative estimate of drug-likeness (QED) is 0.659. The summed E-state index contributed by atoms with van der Waals surface area (Å²) in [6.07, 6.45) is 3.94. The molecule has 6 heteroatoms. The van der Waals surface area contributed by atoms with E-state index in [1.807, 2.05) is 13.0 Å². The number of ether oxygens (including phenoxy) is 1. The van der Waals surface area contributed by atoms with Crippen molar-refractivity contribution in [2.45, 2.75) is 58.1 Å². The Morgan fingerprint density at radius 1 is 1.06 bits per heavy atom. The molecule has 1 aliphatic rings. The maximum atomic E-state index is 12.7. The lowest BCUT2D eigenvalue weighted by molar-refractivity contribution is -0.152. The molecular weight excluding hydrogens is 392 g/mol. The molecule has 1 fully saturated rings. The number of nitrogens with one attached hydrogen (secondary N) is 1. The van der Waals surface area contributed by atoms with Crippen LogP contribution in [0.25, 0.3) is 0 Å². The zero-order chi connectivity index (χ0) is 22.4. The minimum atomic E-state index is -1.31. The van der Waals surface area contributed by atoms with Gasteiger partial charge in [0.25, 0.3) is 0 Å². The highest BCUT2D eigenvalue weighted by atomic mass is 16.5. The molecule has 1 aliphatic heterocycles. The van der Waals surface area contributed by atoms with E-state index in [1.54, 1.807) is 24.3 Å². The van der Waals surface area contributed by atoms with Gasteiger partial charge in [-0.1, -0.05) is 30.3 Å². The third-order valence-electron chi connectivity index (χ3n) is 5.65. The van der Waals surface area contributed by atoms with Crippen LogP contribution < -0.4 is 15.0 Å². The summed E-state index contributed by atoms with van der Waals surface area (Å²) in [6, 6.07) is 15.2. The van der Waals surface area contributed by atoms with E-state index in [2.05, 4.69) is 28.4 Å². The minimum Gasteiger partial charge on any atom is -0.478 e. The molecule has 31 heavy (non-hydrogen) atoms. The first kappa shape index (κ1) is 22.7. The van der Waals surface area contributed by atoms with Gasteiger partial charge in [0.1, 0.15) is 5.75 Å². The molecule has 0 radical (unpaired) electrons. The van der Waals surface area contributed by atoms with E-state index in [-0.39, 0.29) is 18.4 Å². The largest absolute Gasteiger partial charge is 0.478 e. The summed E-state index contributed by atoms with van der Waals surface area (Å²) in [5.41, 5.74) is 1.88. The second-order valence-electron chi connectivity index (χ2n) is 8.63. The van der Waals surface area contributed by atoms with Gasteiger partial charge in [-0.3, -0.25) is 4.79 Å². The number of piperidine rings is 1. The molecule has 1 unspecified atom stereocenters. The molecule has 166 valence electrons. The first-order valence-electron chi connectivity index (χ1n) is 10.9. The van der Waals surface area contributed by atoms with Gasteiger partial charge in [-0.2, -0.15) is 0 Å². The summed E-state index contributed by atoms with van der Waals surface area (Å²) >= 11 is 0. The van der Waals surface area contributed by atoms with Crippen LogP contribution in [0.1, 0.15) is 57.2 Å². The fraction of sp³-hybridized carbons (Fsp3) is 0.440. The van der Waals surface area contributed by atoms with Gasteiger partial charge in [-0.05, 0) is 69.4 Å². The highest BCUT2D eigenvalue weighted by Crippen LogP contribution is 2.28. The van der Waals surface area contributed by atoms with Crippen LogP contribution in [-0.4, -0.2) is 35.7 Å². The number of hydrogen-bond donors (Lipinski definition) is 2. The Morgan fingerprint density at radius 3 is 2.35 bits per heavy atom. The second-order valence-corrected chi connectivity index (χ2v) is 8.63. The summed E-state index contributed by atoms with van der Waals surface area (Å²) in [5, 5.41) is 12.3. The van der Waals surface area contributed by atoms with Gasteiger partial charge in [0.05, 0.1) is 12.5 Å². The van der Waals surface area contributed by atoms with Crippen molar-refractivity contribution in [2.24, 2.45) is 0 Å². The van der Waals surface area contributed by atoms with Gasteiger partial charge >= 0.3 is 5.97 Å². The van der Waals surface area contributed by atoms with Crippen LogP contribution in [0, 0.1) is 0 Å². The Kier molecular flexibility index (Phi) is 7.21. The maximum Gasteiger partial charge on any atom is 0.347 e. The van der Waals surface area contributed by atoms with E-state index in [0.717, 1.165) is 24.2 Å². The Balaban J connectivity index is 1.60. The van der Waals surface area contributed by atoms with E-state index in [9.17, 15) is 14.7 Å². The van der Waals surface area contributed by atoms with Crippen molar-refractivity contribution < 1.29 is 19.4 Å². The van der Waals surface area contributed by atoms with Crippen LogP contribution in [0.4, 0.5) is 5.69 Å². The van der Waals surface area contributed by atoms with Gasteiger partial charge in [0.2, 0.25) is 5.91 Å². The number of carbonyl (C=O) groups is 2. The zero-order valence-electron chi connectivity index (χ0n) is 18.6. The molecule has 0 bridgehead atoms. The molecule has 1 atom stereocenters. The summed E-state index contributed by atoms with van der Waals surface area (Å²) in [7, 11) is 0. The van der Waals surface area contributed by atoms with Crippen LogP contribution in [0.2, 0.25) is 0 Å². The van der Waals surface area contributed by atoms with Gasteiger partial charge in [0, 0.05) is 18.8 Å². The minimum absolute atomic E-state index is 0.0551. The summed E-state index contributed by atoms with van der Waals surface area (Å²) in [6.45, 7) is 7.14. The SMILES string of the molecule is CC(NC(=O)Cc1ccc(OC(C)(C)C(=O)O)cc1)c1ccccc1N1CCCCC1. The summed E-state index contributed by atoms with van der Waals surface area (Å²) in [4.78, 5) is 26.3. The number of para-hydroxylation sites is 1. The van der Waals surface area contributed by atoms with Crippen LogP contribution in [0.15, 0.2) is 48.5 Å². The number of benzene rings is 2. The first-order valence-corrected chi connectivity index (χ1v) is 10.9. The molecule has 2 aromatic carbocycles. The van der Waals surface area contributed by atoms with Crippen molar-refractivity contribution in [3.8, 4) is 5.75 Å². The number of rotatable bonds is 8. The Labute approximate surface area is 184 Å². The molecule has 2 aromatic rings. The fourth-order valence-corrected chi connectivity index (χ4v) is 3.85. The number of aliphatic carboxylic acids is 1. The molecule has 1 amide bonds. The number of carboxylic acids is 1. The highest BCUT2D eigenvalue weighted by molar-refractivity contribution is 5.79. The standard InChI is InChI=1S/C25H32N2O4/c1-18(21-9-5-6-10-22(21)27-15-7-4-8-16-27)26-23(28)17-19-11-13-20(14-12-19)31-25(2,3)24(29)30/h5-6,9-14,18H,4,7-8,15-17H2,1-3H3,(H,26,28)(H,29,30). The summed E-state index contributed by atoms with van der Waals surface area (Å²) in [5.74, 6) is -0.629. The number of nitrogens with zero attached hydrogens (tertiary/aromatic N) is 1. The van der Waals surface area contributed by atoms with Crippen LogP contribution in [-0.2, 0) is 16.0 Å². The van der Waals surface area contributed by atoms with Crippen molar-refractivity contribution in [3.05, 3.63) is 59.7 Å². The van der Waals surface area contributed by atoms with Crippen molar-refractivity contribution in [1.29, 1.82) is 0 Å². The smallest absolute Gasteiger partial charge is 0.347 e. The molecule has 1 heterocycles. The van der Waals surface area contributed by atoms with Crippen LogP contribution in [0.3, 0.4) is 0 Å². The molecule has 0 aromatic heterocycles. The average Bonchev–Trinajstić information content (AvgIpc) is 2.75. The number of amides is 1. The summed E-state index contributed by atoms with van der Waals surface area (Å²) < 4.78 is 5.51. The molecule has 3 rings (SSSR count). The monoisotopic (exact) mass is 424 g/mol. The maximum absolute atomic E-state index is 12.7. The predicted octanol–water partition coefficient (Wildman–Crippen LogP) is 4.34. The van der Waals surface area contributed by atoms with Gasteiger partial charge in [-0.15, -0.1) is 0 Å². The molecule has 0 saturated carbocycles. The highest BCUT2D eigenvalue weighted by Gasteiger charge is 2.29. The van der Waals surface area contributed by atoms with Crippen molar-refractivity contribution in [1.82, 2.24) is 5.32 Å². The number of anilines is 1. The van der Waals surface area contributed by atoms with Crippen molar-refractivity contribution in [2.75, 3.05) is 18.0 Å². The zero-order valence-corrected chi connectivity index (χ0v) is 18.6. The molecule has 1 saturated heterocycles. The van der Waals surface area contributed by atoms with Gasteiger partial charge in [0.15, 0.2) is 5.60 Å². The topological polar surface area (TPSA) is 78.9 Å². The Hall–Kier alpha value is -3.02.